The minimum absolute atomic E-state index is 0.370. The van der Waals surface area contributed by atoms with Crippen LogP contribution in [0.5, 0.6) is 0 Å². The number of anilines is 1. The largest absolute Gasteiger partial charge is 0.352 e. The average Bonchev–Trinajstić information content (AvgIpc) is 2.76. The summed E-state index contributed by atoms with van der Waals surface area (Å²) in [5, 5.41) is 8.80. The lowest BCUT2D eigenvalue weighted by Gasteiger charge is -2.30. The molecule has 114 valence electrons. The second kappa shape index (κ2) is 7.94. The Labute approximate surface area is 127 Å². The molecular formula is C16H25N5. The van der Waals surface area contributed by atoms with Gasteiger partial charge in [-0.3, -0.25) is 0 Å². The van der Waals surface area contributed by atoms with Crippen LogP contribution in [0.4, 0.5) is 5.82 Å². The molecule has 0 atom stereocenters. The molecule has 21 heavy (non-hydrogen) atoms. The molecule has 1 aromatic rings. The van der Waals surface area contributed by atoms with Crippen LogP contribution >= 0.6 is 0 Å². The number of hydrogen-bond acceptors (Lipinski definition) is 5. The molecule has 1 aromatic heterocycles. The van der Waals surface area contributed by atoms with E-state index in [0.29, 0.717) is 11.7 Å². The molecule has 0 unspecified atom stereocenters. The van der Waals surface area contributed by atoms with Crippen LogP contribution in [0, 0.1) is 11.3 Å². The van der Waals surface area contributed by atoms with Crippen LogP contribution in [-0.2, 0) is 0 Å². The molecule has 5 nitrogen and oxygen atoms in total. The summed E-state index contributed by atoms with van der Waals surface area (Å²) in [6.07, 6.45) is 8.63. The van der Waals surface area contributed by atoms with E-state index in [-0.39, 0.29) is 0 Å². The predicted molar refractivity (Wildman–Crippen MR) is 84.1 cm³/mol. The molecular weight excluding hydrogens is 262 g/mol. The maximum Gasteiger partial charge on any atom is 0.158 e. The van der Waals surface area contributed by atoms with Gasteiger partial charge in [0, 0.05) is 19.1 Å². The number of nitriles is 1. The third kappa shape index (κ3) is 4.68. The van der Waals surface area contributed by atoms with Crippen molar-refractivity contribution in [3.05, 3.63) is 18.1 Å². The highest BCUT2D eigenvalue weighted by Crippen LogP contribution is 2.14. The van der Waals surface area contributed by atoms with E-state index in [9.17, 15) is 0 Å². The first-order valence-corrected chi connectivity index (χ1v) is 7.92. The summed E-state index contributed by atoms with van der Waals surface area (Å²) in [5.74, 6) is 0.860. The van der Waals surface area contributed by atoms with Gasteiger partial charge in [0.25, 0.3) is 0 Å². The molecule has 0 N–H and O–H groups in total. The van der Waals surface area contributed by atoms with Gasteiger partial charge in [0.15, 0.2) is 5.69 Å². The second-order valence-corrected chi connectivity index (χ2v) is 5.91. The van der Waals surface area contributed by atoms with Gasteiger partial charge in [-0.05, 0) is 39.8 Å². The number of aromatic nitrogens is 2. The Morgan fingerprint density at radius 3 is 2.43 bits per heavy atom. The maximum atomic E-state index is 8.80. The SMILES string of the molecule is CC(C)N(CCN1CCCCCC1)c1cnc(C#N)cn1. The van der Waals surface area contributed by atoms with Crippen molar-refractivity contribution in [1.82, 2.24) is 14.9 Å². The summed E-state index contributed by atoms with van der Waals surface area (Å²) in [7, 11) is 0. The average molecular weight is 287 g/mol. The summed E-state index contributed by atoms with van der Waals surface area (Å²) in [5.41, 5.74) is 0.370. The summed E-state index contributed by atoms with van der Waals surface area (Å²) in [6, 6.07) is 2.39. The molecule has 0 amide bonds. The molecule has 5 heteroatoms. The number of nitrogens with zero attached hydrogens (tertiary/aromatic N) is 5. The van der Waals surface area contributed by atoms with Crippen molar-refractivity contribution < 1.29 is 0 Å². The lowest BCUT2D eigenvalue weighted by Crippen LogP contribution is -2.39. The van der Waals surface area contributed by atoms with Crippen molar-refractivity contribution in [2.24, 2.45) is 0 Å². The number of likely N-dealkylation sites (tertiary alicyclic amines) is 1. The van der Waals surface area contributed by atoms with E-state index >= 15 is 0 Å². The van der Waals surface area contributed by atoms with E-state index in [1.165, 1.54) is 38.8 Å². The van der Waals surface area contributed by atoms with Crippen LogP contribution in [0.3, 0.4) is 0 Å². The van der Waals surface area contributed by atoms with E-state index in [4.69, 9.17) is 5.26 Å². The summed E-state index contributed by atoms with van der Waals surface area (Å²) < 4.78 is 0. The van der Waals surface area contributed by atoms with Crippen LogP contribution in [0.1, 0.15) is 45.2 Å². The third-order valence-electron chi connectivity index (χ3n) is 4.03. The third-order valence-corrected chi connectivity index (χ3v) is 4.03. The lowest BCUT2D eigenvalue weighted by atomic mass is 10.2. The van der Waals surface area contributed by atoms with Gasteiger partial charge < -0.3 is 9.80 Å². The van der Waals surface area contributed by atoms with Gasteiger partial charge in [0.05, 0.1) is 12.4 Å². The Hall–Kier alpha value is -1.67. The van der Waals surface area contributed by atoms with Crippen molar-refractivity contribution in [3.63, 3.8) is 0 Å². The molecule has 2 heterocycles. The smallest absolute Gasteiger partial charge is 0.158 e. The molecule has 0 bridgehead atoms. The molecule has 1 aliphatic heterocycles. The highest BCUT2D eigenvalue weighted by molar-refractivity contribution is 5.38. The van der Waals surface area contributed by atoms with Crippen molar-refractivity contribution >= 4 is 5.82 Å². The molecule has 0 aromatic carbocycles. The van der Waals surface area contributed by atoms with E-state index in [0.717, 1.165) is 18.9 Å². The van der Waals surface area contributed by atoms with Crippen molar-refractivity contribution in [1.29, 1.82) is 5.26 Å². The number of rotatable bonds is 5. The highest BCUT2D eigenvalue weighted by Gasteiger charge is 2.15. The topological polar surface area (TPSA) is 56.0 Å². The lowest BCUT2D eigenvalue weighted by molar-refractivity contribution is 0.288. The van der Waals surface area contributed by atoms with Gasteiger partial charge in [-0.15, -0.1) is 0 Å². The van der Waals surface area contributed by atoms with Crippen LogP contribution in [0.25, 0.3) is 0 Å². The zero-order chi connectivity index (χ0) is 15.1. The second-order valence-electron chi connectivity index (χ2n) is 5.91. The van der Waals surface area contributed by atoms with Crippen molar-refractivity contribution in [2.75, 3.05) is 31.1 Å². The van der Waals surface area contributed by atoms with E-state index in [1.807, 2.05) is 6.07 Å². The minimum Gasteiger partial charge on any atom is -0.352 e. The van der Waals surface area contributed by atoms with E-state index < -0.39 is 0 Å². The van der Waals surface area contributed by atoms with Crippen LogP contribution < -0.4 is 4.90 Å². The van der Waals surface area contributed by atoms with Gasteiger partial charge in [0.2, 0.25) is 0 Å². The fourth-order valence-corrected chi connectivity index (χ4v) is 2.77. The van der Waals surface area contributed by atoms with E-state index in [2.05, 4.69) is 33.6 Å². The molecule has 1 fully saturated rings. The van der Waals surface area contributed by atoms with Gasteiger partial charge in [-0.25, -0.2) is 9.97 Å². The zero-order valence-electron chi connectivity index (χ0n) is 13.1. The van der Waals surface area contributed by atoms with Gasteiger partial charge >= 0.3 is 0 Å². The first-order chi connectivity index (χ1) is 10.2. The van der Waals surface area contributed by atoms with Gasteiger partial charge in [-0.2, -0.15) is 5.26 Å². The number of hydrogen-bond donors (Lipinski definition) is 0. The zero-order valence-corrected chi connectivity index (χ0v) is 13.1. The van der Waals surface area contributed by atoms with Crippen LogP contribution in [-0.4, -0.2) is 47.1 Å². The predicted octanol–water partition coefficient (Wildman–Crippen LogP) is 2.44. The van der Waals surface area contributed by atoms with Crippen molar-refractivity contribution in [2.45, 2.75) is 45.6 Å². The quantitative estimate of drug-likeness (QED) is 0.832. The van der Waals surface area contributed by atoms with E-state index in [1.54, 1.807) is 12.4 Å². The molecule has 0 spiro atoms. The molecule has 0 saturated carbocycles. The fraction of sp³-hybridized carbons (Fsp3) is 0.688. The maximum absolute atomic E-state index is 8.80. The molecule has 0 radical (unpaired) electrons. The Kier molecular flexibility index (Phi) is 5.94. The summed E-state index contributed by atoms with van der Waals surface area (Å²) in [4.78, 5) is 13.3. The normalized spacial score (nSPS) is 16.5. The van der Waals surface area contributed by atoms with Gasteiger partial charge in [-0.1, -0.05) is 12.8 Å². The Balaban J connectivity index is 1.96. The monoisotopic (exact) mass is 287 g/mol. The highest BCUT2D eigenvalue weighted by atomic mass is 15.2. The van der Waals surface area contributed by atoms with Gasteiger partial charge in [0.1, 0.15) is 11.9 Å². The molecule has 1 saturated heterocycles. The van der Waals surface area contributed by atoms with Crippen LogP contribution in [0.2, 0.25) is 0 Å². The minimum atomic E-state index is 0.370. The summed E-state index contributed by atoms with van der Waals surface area (Å²) >= 11 is 0. The first-order valence-electron chi connectivity index (χ1n) is 7.92. The van der Waals surface area contributed by atoms with Crippen LogP contribution in [0.15, 0.2) is 12.4 Å². The summed E-state index contributed by atoms with van der Waals surface area (Å²) in [6.45, 7) is 8.79. The van der Waals surface area contributed by atoms with Crippen molar-refractivity contribution in [3.8, 4) is 6.07 Å². The molecule has 1 aliphatic rings. The molecule has 0 aliphatic carbocycles. The first kappa shape index (κ1) is 15.7. The fourth-order valence-electron chi connectivity index (χ4n) is 2.77. The Morgan fingerprint density at radius 1 is 1.19 bits per heavy atom. The Bertz CT molecular complexity index is 455. The Morgan fingerprint density at radius 2 is 1.90 bits per heavy atom. The molecule has 2 rings (SSSR count). The standard InChI is InChI=1S/C16H25N5/c1-14(2)21(16-13-18-15(11-17)12-19-16)10-9-20-7-5-3-4-6-8-20/h12-14H,3-10H2,1-2H3.